The second-order valence-corrected chi connectivity index (χ2v) is 4.40. The molecule has 0 unspecified atom stereocenters. The van der Waals surface area contributed by atoms with E-state index < -0.39 is 0 Å². The van der Waals surface area contributed by atoms with Crippen molar-refractivity contribution in [2.45, 2.75) is 13.3 Å². The van der Waals surface area contributed by atoms with Gasteiger partial charge in [0, 0.05) is 0 Å². The van der Waals surface area contributed by atoms with Crippen LogP contribution in [0.5, 0.6) is 0 Å². The van der Waals surface area contributed by atoms with Gasteiger partial charge in [0.05, 0.1) is 12.1 Å². The van der Waals surface area contributed by atoms with Crippen LogP contribution < -0.4 is 5.43 Å². The Labute approximate surface area is 117 Å². The number of hydrogen-bond donors (Lipinski definition) is 1. The molecule has 2 rings (SSSR count). The summed E-state index contributed by atoms with van der Waals surface area (Å²) in [5.41, 5.74) is 4.83. The first-order valence-electron chi connectivity index (χ1n) is 6.28. The Balaban J connectivity index is 1.95. The van der Waals surface area contributed by atoms with Crippen LogP contribution in [0, 0.1) is 5.82 Å². The zero-order valence-electron chi connectivity index (χ0n) is 11.1. The average molecular weight is 270 g/mol. The van der Waals surface area contributed by atoms with Crippen molar-refractivity contribution in [2.75, 3.05) is 0 Å². The van der Waals surface area contributed by atoms with Gasteiger partial charge < -0.3 is 0 Å². The molecule has 4 heteroatoms. The fraction of sp³-hybridized carbons (Fsp3) is 0.125. The SMILES string of the molecule is C/C(=N\NC(=O)Cc1ccccc1)c1ccc(F)cc1. The third kappa shape index (κ3) is 4.02. The van der Waals surface area contributed by atoms with E-state index in [0.717, 1.165) is 11.1 Å². The van der Waals surface area contributed by atoms with E-state index in [9.17, 15) is 9.18 Å². The highest BCUT2D eigenvalue weighted by Crippen LogP contribution is 2.04. The van der Waals surface area contributed by atoms with Crippen molar-refractivity contribution in [3.63, 3.8) is 0 Å². The normalized spacial score (nSPS) is 11.2. The summed E-state index contributed by atoms with van der Waals surface area (Å²) in [5.74, 6) is -0.479. The van der Waals surface area contributed by atoms with Crippen LogP contribution in [0.3, 0.4) is 0 Å². The van der Waals surface area contributed by atoms with Gasteiger partial charge in [0.1, 0.15) is 5.82 Å². The molecular weight excluding hydrogens is 255 g/mol. The van der Waals surface area contributed by atoms with Gasteiger partial charge in [0.2, 0.25) is 5.91 Å². The maximum Gasteiger partial charge on any atom is 0.244 e. The first kappa shape index (κ1) is 13.9. The molecule has 0 heterocycles. The Morgan fingerprint density at radius 2 is 1.75 bits per heavy atom. The van der Waals surface area contributed by atoms with Crippen LogP contribution in [-0.2, 0) is 11.2 Å². The van der Waals surface area contributed by atoms with Gasteiger partial charge in [-0.15, -0.1) is 0 Å². The second-order valence-electron chi connectivity index (χ2n) is 4.40. The Hall–Kier alpha value is -2.49. The molecular formula is C16H15FN2O. The first-order chi connectivity index (χ1) is 9.65. The fourth-order valence-corrected chi connectivity index (χ4v) is 1.72. The Morgan fingerprint density at radius 3 is 2.40 bits per heavy atom. The largest absolute Gasteiger partial charge is 0.273 e. The minimum absolute atomic E-state index is 0.183. The van der Waals surface area contributed by atoms with E-state index in [1.807, 2.05) is 30.3 Å². The molecule has 0 spiro atoms. The van der Waals surface area contributed by atoms with Crippen LogP contribution in [0.4, 0.5) is 4.39 Å². The summed E-state index contributed by atoms with van der Waals surface area (Å²) in [6, 6.07) is 15.4. The minimum atomic E-state index is -0.297. The molecule has 0 saturated carbocycles. The average Bonchev–Trinajstić information content (AvgIpc) is 2.46. The Morgan fingerprint density at radius 1 is 1.10 bits per heavy atom. The summed E-state index contributed by atoms with van der Waals surface area (Å²) in [6.45, 7) is 1.76. The van der Waals surface area contributed by atoms with Crippen molar-refractivity contribution in [2.24, 2.45) is 5.10 Å². The van der Waals surface area contributed by atoms with E-state index in [1.54, 1.807) is 19.1 Å². The molecule has 0 atom stereocenters. The molecule has 102 valence electrons. The van der Waals surface area contributed by atoms with Crippen molar-refractivity contribution < 1.29 is 9.18 Å². The minimum Gasteiger partial charge on any atom is -0.273 e. The summed E-state index contributed by atoms with van der Waals surface area (Å²) in [7, 11) is 0. The van der Waals surface area contributed by atoms with E-state index in [4.69, 9.17) is 0 Å². The second kappa shape index (κ2) is 6.61. The van der Waals surface area contributed by atoms with Gasteiger partial charge in [-0.2, -0.15) is 5.10 Å². The fourth-order valence-electron chi connectivity index (χ4n) is 1.72. The number of hydrazone groups is 1. The Kier molecular flexibility index (Phi) is 4.60. The molecule has 20 heavy (non-hydrogen) atoms. The van der Waals surface area contributed by atoms with Crippen LogP contribution in [0.2, 0.25) is 0 Å². The van der Waals surface area contributed by atoms with Crippen molar-refractivity contribution >= 4 is 11.6 Å². The zero-order valence-corrected chi connectivity index (χ0v) is 11.1. The number of nitrogens with one attached hydrogen (secondary N) is 1. The van der Waals surface area contributed by atoms with Crippen LogP contribution in [0.1, 0.15) is 18.1 Å². The van der Waals surface area contributed by atoms with Crippen LogP contribution in [0.25, 0.3) is 0 Å². The predicted octanol–water partition coefficient (Wildman–Crippen LogP) is 2.91. The lowest BCUT2D eigenvalue weighted by molar-refractivity contribution is -0.120. The van der Waals surface area contributed by atoms with Crippen molar-refractivity contribution in [1.29, 1.82) is 0 Å². The smallest absolute Gasteiger partial charge is 0.244 e. The number of carbonyl (C=O) groups excluding carboxylic acids is 1. The summed E-state index contributed by atoms with van der Waals surface area (Å²) >= 11 is 0. The van der Waals surface area contributed by atoms with Crippen molar-refractivity contribution in [3.05, 3.63) is 71.5 Å². The third-order valence-corrected chi connectivity index (χ3v) is 2.82. The lowest BCUT2D eigenvalue weighted by Crippen LogP contribution is -2.21. The van der Waals surface area contributed by atoms with Gasteiger partial charge in [-0.25, -0.2) is 9.82 Å². The summed E-state index contributed by atoms with van der Waals surface area (Å²) in [6.07, 6.45) is 0.279. The number of halogens is 1. The van der Waals surface area contributed by atoms with Gasteiger partial charge in [-0.3, -0.25) is 4.79 Å². The maximum atomic E-state index is 12.8. The molecule has 1 N–H and O–H groups in total. The maximum absolute atomic E-state index is 12.8. The zero-order chi connectivity index (χ0) is 14.4. The van der Waals surface area contributed by atoms with E-state index in [-0.39, 0.29) is 18.1 Å². The summed E-state index contributed by atoms with van der Waals surface area (Å²) in [5, 5.41) is 4.01. The molecule has 3 nitrogen and oxygen atoms in total. The highest BCUT2D eigenvalue weighted by Gasteiger charge is 2.03. The molecule has 2 aromatic rings. The van der Waals surface area contributed by atoms with Crippen molar-refractivity contribution in [3.8, 4) is 0 Å². The van der Waals surface area contributed by atoms with Crippen LogP contribution in [-0.4, -0.2) is 11.6 Å². The monoisotopic (exact) mass is 270 g/mol. The molecule has 0 fully saturated rings. The molecule has 0 radical (unpaired) electrons. The highest BCUT2D eigenvalue weighted by molar-refractivity contribution is 5.99. The standard InChI is InChI=1S/C16H15FN2O/c1-12(14-7-9-15(17)10-8-14)18-19-16(20)11-13-5-3-2-4-6-13/h2-10H,11H2,1H3,(H,19,20)/b18-12+. The number of amides is 1. The number of nitrogens with zero attached hydrogens (tertiary/aromatic N) is 1. The van der Waals surface area contributed by atoms with Gasteiger partial charge in [-0.05, 0) is 30.2 Å². The summed E-state index contributed by atoms with van der Waals surface area (Å²) < 4.78 is 12.8. The molecule has 0 aliphatic rings. The first-order valence-corrected chi connectivity index (χ1v) is 6.28. The van der Waals surface area contributed by atoms with E-state index in [2.05, 4.69) is 10.5 Å². The van der Waals surface area contributed by atoms with Gasteiger partial charge in [-0.1, -0.05) is 42.5 Å². The Bertz CT molecular complexity index is 606. The van der Waals surface area contributed by atoms with Crippen LogP contribution >= 0.6 is 0 Å². The van der Waals surface area contributed by atoms with E-state index in [1.165, 1.54) is 12.1 Å². The van der Waals surface area contributed by atoms with Gasteiger partial charge in [0.15, 0.2) is 0 Å². The van der Waals surface area contributed by atoms with E-state index in [0.29, 0.717) is 5.71 Å². The molecule has 1 amide bonds. The number of hydrogen-bond acceptors (Lipinski definition) is 2. The molecule has 0 aliphatic heterocycles. The number of benzene rings is 2. The molecule has 0 aromatic heterocycles. The molecule has 0 bridgehead atoms. The number of rotatable bonds is 4. The van der Waals surface area contributed by atoms with Crippen molar-refractivity contribution in [1.82, 2.24) is 5.43 Å². The summed E-state index contributed by atoms with van der Waals surface area (Å²) in [4.78, 5) is 11.7. The van der Waals surface area contributed by atoms with Gasteiger partial charge >= 0.3 is 0 Å². The van der Waals surface area contributed by atoms with E-state index >= 15 is 0 Å². The lowest BCUT2D eigenvalue weighted by atomic mass is 10.1. The van der Waals surface area contributed by atoms with Crippen LogP contribution in [0.15, 0.2) is 59.7 Å². The topological polar surface area (TPSA) is 41.5 Å². The highest BCUT2D eigenvalue weighted by atomic mass is 19.1. The molecule has 0 saturated heterocycles. The number of carbonyl (C=O) groups is 1. The molecule has 0 aliphatic carbocycles. The lowest BCUT2D eigenvalue weighted by Gasteiger charge is -2.03. The third-order valence-electron chi connectivity index (χ3n) is 2.82. The van der Waals surface area contributed by atoms with Gasteiger partial charge in [0.25, 0.3) is 0 Å². The predicted molar refractivity (Wildman–Crippen MR) is 76.9 cm³/mol. The molecule has 2 aromatic carbocycles. The quantitative estimate of drug-likeness (QED) is 0.673.